The monoisotopic (exact) mass is 306 g/mol. The quantitative estimate of drug-likeness (QED) is 0.435. The van der Waals surface area contributed by atoms with E-state index in [1.807, 2.05) is 0 Å². The summed E-state index contributed by atoms with van der Waals surface area (Å²) in [6, 6.07) is 0. The van der Waals surface area contributed by atoms with Gasteiger partial charge in [-0.3, -0.25) is 0 Å². The van der Waals surface area contributed by atoms with Gasteiger partial charge in [0.1, 0.15) is 0 Å². The number of halogens is 3. The Hall–Kier alpha value is 0.855. The van der Waals surface area contributed by atoms with Gasteiger partial charge in [-0.2, -0.15) is 13.2 Å². The molecule has 0 spiro atoms. The summed E-state index contributed by atoms with van der Waals surface area (Å²) in [6.45, 7) is 0. The fraction of sp³-hybridized carbons (Fsp3) is 1.00. The average Bonchev–Trinajstić information content (AvgIpc) is 1.25. The van der Waals surface area contributed by atoms with Crippen LogP contribution >= 0.6 is 0 Å². The van der Waals surface area contributed by atoms with Crippen LogP contribution in [0, 0.1) is 35.6 Å². The number of hydrogen-bond acceptors (Lipinski definition) is 3. The summed E-state index contributed by atoms with van der Waals surface area (Å²) in [7, 11) is -6.09. The molecule has 0 saturated heterocycles. The van der Waals surface area contributed by atoms with Crippen molar-refractivity contribution in [2.24, 2.45) is 0 Å². The van der Waals surface area contributed by atoms with Gasteiger partial charge in [0.2, 0.25) is 0 Å². The van der Waals surface area contributed by atoms with E-state index in [1.165, 1.54) is 0 Å². The Bertz CT molecular complexity index is 169. The molecule has 10 heavy (non-hydrogen) atoms. The Labute approximate surface area is 82.4 Å². The first kappa shape index (κ1) is 17.1. The molecule has 0 aliphatic carbocycles. The van der Waals surface area contributed by atoms with Crippen molar-refractivity contribution in [2.75, 3.05) is 0 Å². The number of rotatable bonds is 0. The summed E-state index contributed by atoms with van der Waals surface area (Å²) in [5, 5.41) is 0. The van der Waals surface area contributed by atoms with Crippen LogP contribution in [0.2, 0.25) is 0 Å². The van der Waals surface area contributed by atoms with Crippen molar-refractivity contribution in [3.8, 4) is 0 Å². The molecule has 4 nitrogen and oxygen atoms in total. The van der Waals surface area contributed by atoms with E-state index in [0.29, 0.717) is 0 Å². The molecule has 2 N–H and O–H groups in total. The van der Waals surface area contributed by atoms with Crippen molar-refractivity contribution < 1.29 is 67.2 Å². The molecule has 9 heteroatoms. The van der Waals surface area contributed by atoms with Gasteiger partial charge in [-0.1, -0.05) is 0 Å². The molecule has 0 rings (SSSR count). The van der Waals surface area contributed by atoms with Gasteiger partial charge < -0.3 is 10.0 Å². The van der Waals surface area contributed by atoms with Crippen LogP contribution in [0.1, 0.15) is 0 Å². The van der Waals surface area contributed by atoms with Gasteiger partial charge in [0.05, 0.1) is 0 Å². The molecule has 0 aliphatic heterocycles. The molecule has 0 radical (unpaired) electrons. The van der Waals surface area contributed by atoms with Gasteiger partial charge in [-0.25, -0.2) is 8.42 Å². The van der Waals surface area contributed by atoms with Gasteiger partial charge in [0.15, 0.2) is 10.1 Å². The Morgan fingerprint density at radius 3 is 1.30 bits per heavy atom. The smallest absolute Gasteiger partial charge is 0.741 e. The Morgan fingerprint density at radius 1 is 1.20 bits per heavy atom. The minimum atomic E-state index is -6.09. The predicted octanol–water partition coefficient (Wildman–Crippen LogP) is -0.773. The van der Waals surface area contributed by atoms with Gasteiger partial charge in [0, 0.05) is 0 Å². The summed E-state index contributed by atoms with van der Waals surface area (Å²) in [5.41, 5.74) is -5.65. The molecule has 0 unspecified atom stereocenters. The summed E-state index contributed by atoms with van der Waals surface area (Å²) < 4.78 is 58.9. The van der Waals surface area contributed by atoms with Crippen LogP contribution in [-0.4, -0.2) is 24.0 Å². The number of hydrogen-bond donors (Lipinski definition) is 0. The van der Waals surface area contributed by atoms with Crippen molar-refractivity contribution >= 4 is 10.1 Å². The zero-order valence-corrected chi connectivity index (χ0v) is 8.79. The van der Waals surface area contributed by atoms with Crippen molar-refractivity contribution in [1.82, 2.24) is 0 Å². The predicted molar refractivity (Wildman–Crippen MR) is 19.4 cm³/mol. The van der Waals surface area contributed by atoms with Gasteiger partial charge in [-0.15, -0.1) is 0 Å². The molecule has 0 bridgehead atoms. The second kappa shape index (κ2) is 4.68. The topological polar surface area (TPSA) is 88.7 Å². The molecular formula is CH2F3LaO4S+2. The zero-order chi connectivity index (χ0) is 7.00. The summed E-state index contributed by atoms with van der Waals surface area (Å²) in [4.78, 5) is 0. The van der Waals surface area contributed by atoms with Crippen LogP contribution in [-0.2, 0) is 10.1 Å². The van der Waals surface area contributed by atoms with Gasteiger partial charge >= 0.3 is 41.1 Å². The van der Waals surface area contributed by atoms with E-state index < -0.39 is 15.6 Å². The Kier molecular flexibility index (Phi) is 7.99. The van der Waals surface area contributed by atoms with Crippen molar-refractivity contribution in [2.45, 2.75) is 5.51 Å². The van der Waals surface area contributed by atoms with Gasteiger partial charge in [0.25, 0.3) is 0 Å². The first-order valence-corrected chi connectivity index (χ1v) is 2.68. The molecule has 0 saturated carbocycles. The molecule has 58 valence electrons. The van der Waals surface area contributed by atoms with E-state index in [-0.39, 0.29) is 41.1 Å². The second-order valence-corrected chi connectivity index (χ2v) is 2.27. The number of alkyl halides is 3. The third-order valence-corrected chi connectivity index (χ3v) is 0.850. The molecule has 0 amide bonds. The fourth-order valence-corrected chi connectivity index (χ4v) is 0. The molecular weight excluding hydrogens is 304 g/mol. The molecule has 0 aromatic rings. The summed E-state index contributed by atoms with van der Waals surface area (Å²) in [6.07, 6.45) is 0. The van der Waals surface area contributed by atoms with E-state index in [9.17, 15) is 13.2 Å². The van der Waals surface area contributed by atoms with E-state index >= 15 is 0 Å². The SMILES string of the molecule is O.O=S(=O)([O-])C(F)(F)F.[La+3]. The molecule has 0 aromatic carbocycles. The van der Waals surface area contributed by atoms with Crippen LogP contribution < -0.4 is 0 Å². The van der Waals surface area contributed by atoms with E-state index in [4.69, 9.17) is 13.0 Å². The van der Waals surface area contributed by atoms with Crippen molar-refractivity contribution in [1.29, 1.82) is 0 Å². The standard InChI is InChI=1S/CHF3O3S.La.H2O/c2-1(3,4)8(5,6)7;;/h(H,5,6,7);;1H2/q;+3;/p-1. The van der Waals surface area contributed by atoms with E-state index in [2.05, 4.69) is 0 Å². The van der Waals surface area contributed by atoms with Crippen LogP contribution in [0.3, 0.4) is 0 Å². The first-order valence-electron chi connectivity index (χ1n) is 1.27. The maximum atomic E-state index is 10.7. The Balaban J connectivity index is -0.000000245. The maximum absolute atomic E-state index is 10.7. The molecule has 0 heterocycles. The Morgan fingerprint density at radius 2 is 1.30 bits per heavy atom. The van der Waals surface area contributed by atoms with E-state index in [0.717, 1.165) is 0 Å². The molecule has 0 aromatic heterocycles. The normalized spacial score (nSPS) is 11.2. The largest absolute Gasteiger partial charge is 3.00 e. The van der Waals surface area contributed by atoms with Crippen LogP contribution in [0.4, 0.5) is 13.2 Å². The minimum Gasteiger partial charge on any atom is -0.741 e. The summed E-state index contributed by atoms with van der Waals surface area (Å²) in [5.74, 6) is 0. The van der Waals surface area contributed by atoms with E-state index in [1.54, 1.807) is 0 Å². The van der Waals surface area contributed by atoms with Crippen LogP contribution in [0.15, 0.2) is 0 Å². The summed E-state index contributed by atoms with van der Waals surface area (Å²) >= 11 is 0. The molecule has 0 fully saturated rings. The second-order valence-electron chi connectivity index (χ2n) is 0.900. The van der Waals surface area contributed by atoms with Crippen LogP contribution in [0.25, 0.3) is 0 Å². The zero-order valence-electron chi connectivity index (χ0n) is 4.34. The van der Waals surface area contributed by atoms with Crippen LogP contribution in [0.5, 0.6) is 0 Å². The fourth-order valence-electron chi connectivity index (χ4n) is 0. The maximum Gasteiger partial charge on any atom is 3.00 e. The minimum absolute atomic E-state index is 0. The first-order chi connectivity index (χ1) is 3.25. The molecule has 0 atom stereocenters. The molecule has 0 aliphatic rings. The van der Waals surface area contributed by atoms with Gasteiger partial charge in [-0.05, 0) is 0 Å². The third kappa shape index (κ3) is 5.63. The third-order valence-electron chi connectivity index (χ3n) is 0.283. The van der Waals surface area contributed by atoms with Crippen molar-refractivity contribution in [3.05, 3.63) is 0 Å². The van der Waals surface area contributed by atoms with Crippen molar-refractivity contribution in [3.63, 3.8) is 0 Å². The average molecular weight is 306 g/mol.